The first-order valence-electron chi connectivity index (χ1n) is 11.5. The van der Waals surface area contributed by atoms with E-state index in [4.69, 9.17) is 0 Å². The van der Waals surface area contributed by atoms with Crippen molar-refractivity contribution in [2.45, 2.75) is 49.2 Å². The lowest BCUT2D eigenvalue weighted by Crippen LogP contribution is -2.72. The number of piperidine rings is 1. The monoisotopic (exact) mass is 414 g/mol. The Morgan fingerprint density at radius 1 is 1.03 bits per heavy atom. The fraction of sp³-hybridized carbons (Fsp3) is 0.462. The Morgan fingerprint density at radius 2 is 1.68 bits per heavy atom. The Labute approximate surface area is 184 Å². The van der Waals surface area contributed by atoms with Crippen molar-refractivity contribution in [3.8, 4) is 6.07 Å². The van der Waals surface area contributed by atoms with Crippen LogP contribution in [0.2, 0.25) is 0 Å². The van der Waals surface area contributed by atoms with Gasteiger partial charge in [-0.25, -0.2) is 0 Å². The van der Waals surface area contributed by atoms with Gasteiger partial charge in [0.1, 0.15) is 0 Å². The smallest absolute Gasteiger partial charge is 0.253 e. The van der Waals surface area contributed by atoms with Gasteiger partial charge in [-0.1, -0.05) is 48.5 Å². The molecule has 1 aliphatic carbocycles. The molecule has 5 nitrogen and oxygen atoms in total. The molecule has 5 heteroatoms. The summed E-state index contributed by atoms with van der Waals surface area (Å²) in [4.78, 5) is 17.1. The third-order valence-corrected chi connectivity index (χ3v) is 7.32. The summed E-state index contributed by atoms with van der Waals surface area (Å²) in [7, 11) is 0. The second-order valence-electron chi connectivity index (χ2n) is 9.37. The van der Waals surface area contributed by atoms with Crippen LogP contribution in [0.25, 0.3) is 0 Å². The molecule has 5 rings (SSSR count). The third-order valence-electron chi connectivity index (χ3n) is 7.32. The molecule has 2 unspecified atom stereocenters. The van der Waals surface area contributed by atoms with Crippen molar-refractivity contribution in [2.24, 2.45) is 0 Å². The van der Waals surface area contributed by atoms with Crippen LogP contribution in [0.3, 0.4) is 0 Å². The number of carbonyl (C=O) groups excluding carboxylic acids is 1. The van der Waals surface area contributed by atoms with E-state index in [9.17, 15) is 10.1 Å². The number of benzene rings is 2. The van der Waals surface area contributed by atoms with Crippen LogP contribution < -0.4 is 5.32 Å². The van der Waals surface area contributed by atoms with E-state index in [1.54, 1.807) is 0 Å². The second-order valence-corrected chi connectivity index (χ2v) is 9.37. The third kappa shape index (κ3) is 4.11. The summed E-state index contributed by atoms with van der Waals surface area (Å²) in [6.45, 7) is 3.31. The molecule has 31 heavy (non-hydrogen) atoms. The van der Waals surface area contributed by atoms with Crippen LogP contribution in [0.1, 0.15) is 47.5 Å². The number of hydrogen-bond donors (Lipinski definition) is 1. The van der Waals surface area contributed by atoms with E-state index in [-0.39, 0.29) is 11.4 Å². The van der Waals surface area contributed by atoms with Crippen molar-refractivity contribution in [3.05, 3.63) is 71.8 Å². The number of amides is 1. The predicted molar refractivity (Wildman–Crippen MR) is 121 cm³/mol. The fourth-order valence-electron chi connectivity index (χ4n) is 5.41. The fourth-order valence-corrected chi connectivity index (χ4v) is 5.41. The first-order valence-corrected chi connectivity index (χ1v) is 11.5. The molecule has 2 saturated heterocycles. The van der Waals surface area contributed by atoms with E-state index in [0.717, 1.165) is 31.5 Å². The van der Waals surface area contributed by atoms with Crippen molar-refractivity contribution in [1.82, 2.24) is 15.1 Å². The average molecular weight is 415 g/mol. The molecule has 0 spiro atoms. The summed E-state index contributed by atoms with van der Waals surface area (Å²) < 4.78 is 0. The van der Waals surface area contributed by atoms with Gasteiger partial charge in [0.15, 0.2) is 0 Å². The first kappa shape index (κ1) is 20.2. The van der Waals surface area contributed by atoms with Crippen LogP contribution in [-0.2, 0) is 0 Å². The summed E-state index contributed by atoms with van der Waals surface area (Å²) >= 11 is 0. The molecule has 2 atom stereocenters. The minimum absolute atomic E-state index is 0.0754. The van der Waals surface area contributed by atoms with Gasteiger partial charge >= 0.3 is 0 Å². The molecule has 3 fully saturated rings. The molecule has 1 N–H and O–H groups in total. The molecule has 2 aromatic rings. The molecule has 1 amide bonds. The molecule has 2 aliphatic heterocycles. The van der Waals surface area contributed by atoms with E-state index in [0.29, 0.717) is 37.5 Å². The highest BCUT2D eigenvalue weighted by Crippen LogP contribution is 2.42. The highest BCUT2D eigenvalue weighted by atomic mass is 16.2. The maximum Gasteiger partial charge on any atom is 0.253 e. The van der Waals surface area contributed by atoms with Gasteiger partial charge < -0.3 is 10.2 Å². The number of nitrogens with zero attached hydrogens (tertiary/aromatic N) is 3. The van der Waals surface area contributed by atoms with Gasteiger partial charge in [-0.3, -0.25) is 9.69 Å². The second kappa shape index (κ2) is 8.45. The molecular formula is C26H30N4O. The molecule has 0 bridgehead atoms. The van der Waals surface area contributed by atoms with Crippen LogP contribution in [0.4, 0.5) is 0 Å². The standard InChI is InChI=1S/C26H30N4O/c27-14-13-26(18-29(19-26)25(31)21-9-5-2-6-10-21)30-15-11-22(12-16-30)28-24-17-23(24)20-7-3-1-4-8-20/h1-10,22-24,28H,11-13,15-19H2. The molecule has 0 radical (unpaired) electrons. The predicted octanol–water partition coefficient (Wildman–Crippen LogP) is 3.40. The van der Waals surface area contributed by atoms with Crippen LogP contribution in [0, 0.1) is 11.3 Å². The van der Waals surface area contributed by atoms with E-state index in [1.807, 2.05) is 35.2 Å². The van der Waals surface area contributed by atoms with Gasteiger partial charge in [-0.2, -0.15) is 5.26 Å². The van der Waals surface area contributed by atoms with Gasteiger partial charge in [0.2, 0.25) is 0 Å². The van der Waals surface area contributed by atoms with E-state index in [2.05, 4.69) is 46.6 Å². The Morgan fingerprint density at radius 3 is 2.32 bits per heavy atom. The molecule has 3 aliphatic rings. The number of likely N-dealkylation sites (tertiary alicyclic amines) is 2. The van der Waals surface area contributed by atoms with E-state index < -0.39 is 0 Å². The Hall–Kier alpha value is -2.68. The number of carbonyl (C=O) groups is 1. The molecule has 160 valence electrons. The maximum absolute atomic E-state index is 12.7. The van der Waals surface area contributed by atoms with Crippen LogP contribution in [0.15, 0.2) is 60.7 Å². The van der Waals surface area contributed by atoms with Crippen molar-refractivity contribution >= 4 is 5.91 Å². The van der Waals surface area contributed by atoms with Gasteiger partial charge in [-0.15, -0.1) is 0 Å². The number of nitrogens with one attached hydrogen (secondary N) is 1. The Kier molecular flexibility index (Phi) is 5.52. The number of nitriles is 1. The molecule has 0 aromatic heterocycles. The van der Waals surface area contributed by atoms with Gasteiger partial charge in [0, 0.05) is 49.7 Å². The lowest BCUT2D eigenvalue weighted by molar-refractivity contribution is -0.0497. The van der Waals surface area contributed by atoms with E-state index >= 15 is 0 Å². The number of rotatable bonds is 6. The normalized spacial score (nSPS) is 25.5. The highest BCUT2D eigenvalue weighted by molar-refractivity contribution is 5.95. The summed E-state index contributed by atoms with van der Waals surface area (Å²) in [5.41, 5.74) is 2.01. The maximum atomic E-state index is 12.7. The van der Waals surface area contributed by atoms with Gasteiger partial charge in [-0.05, 0) is 37.0 Å². The lowest BCUT2D eigenvalue weighted by Gasteiger charge is -2.56. The van der Waals surface area contributed by atoms with Crippen molar-refractivity contribution < 1.29 is 4.79 Å². The summed E-state index contributed by atoms with van der Waals surface area (Å²) in [5, 5.41) is 13.3. The Balaban J connectivity index is 1.13. The minimum atomic E-state index is -0.170. The zero-order valence-corrected chi connectivity index (χ0v) is 17.9. The SMILES string of the molecule is N#CCC1(N2CCC(NC3CC3c3ccccc3)CC2)CN(C(=O)c2ccccc2)C1. The average Bonchev–Trinajstić information content (AvgIpc) is 3.56. The number of hydrogen-bond acceptors (Lipinski definition) is 4. The highest BCUT2D eigenvalue weighted by Gasteiger charge is 2.50. The minimum Gasteiger partial charge on any atom is -0.335 e. The molecule has 1 saturated carbocycles. The molecular weight excluding hydrogens is 384 g/mol. The zero-order chi connectivity index (χ0) is 21.3. The Bertz CT molecular complexity index is 940. The quantitative estimate of drug-likeness (QED) is 0.787. The topological polar surface area (TPSA) is 59.4 Å². The zero-order valence-electron chi connectivity index (χ0n) is 17.9. The van der Waals surface area contributed by atoms with Gasteiger partial charge in [0.05, 0.1) is 18.0 Å². The largest absolute Gasteiger partial charge is 0.335 e. The molecule has 2 aromatic carbocycles. The van der Waals surface area contributed by atoms with Crippen molar-refractivity contribution in [2.75, 3.05) is 26.2 Å². The summed E-state index contributed by atoms with van der Waals surface area (Å²) in [6.07, 6.45) is 3.94. The van der Waals surface area contributed by atoms with Crippen molar-refractivity contribution in [3.63, 3.8) is 0 Å². The van der Waals surface area contributed by atoms with Crippen LogP contribution >= 0.6 is 0 Å². The van der Waals surface area contributed by atoms with Gasteiger partial charge in [0.25, 0.3) is 5.91 Å². The lowest BCUT2D eigenvalue weighted by atomic mass is 9.82. The first-order chi connectivity index (χ1) is 15.2. The summed E-state index contributed by atoms with van der Waals surface area (Å²) in [6, 6.07) is 23.8. The molecule has 2 heterocycles. The van der Waals surface area contributed by atoms with Crippen LogP contribution in [-0.4, -0.2) is 59.5 Å². The van der Waals surface area contributed by atoms with Crippen LogP contribution in [0.5, 0.6) is 0 Å². The van der Waals surface area contributed by atoms with E-state index in [1.165, 1.54) is 12.0 Å². The summed E-state index contributed by atoms with van der Waals surface area (Å²) in [5.74, 6) is 0.736. The van der Waals surface area contributed by atoms with Crippen molar-refractivity contribution in [1.29, 1.82) is 5.26 Å².